The fourth-order valence-electron chi connectivity index (χ4n) is 2.84. The molecule has 0 aliphatic rings. The minimum Gasteiger partial charge on any atom is -0.497 e. The molecule has 3 aromatic rings. The molecular weight excluding hydrogens is 370 g/mol. The van der Waals surface area contributed by atoms with Crippen LogP contribution < -0.4 is 10.1 Å². The number of benzene rings is 2. The summed E-state index contributed by atoms with van der Waals surface area (Å²) in [6.45, 7) is 6.58. The maximum Gasteiger partial charge on any atom is 0.233 e. The minimum atomic E-state index is -0.260. The normalized spacial score (nSPS) is 11.9. The molecule has 6 heteroatoms. The number of hydrogen-bond acceptors (Lipinski definition) is 4. The SMILES string of the molecule is COc1ccc(CNC(=O)C(C)Sc2nccn2-c2cccc(C)c2C)cc1. The molecule has 146 valence electrons. The first kappa shape index (κ1) is 20.0. The first-order chi connectivity index (χ1) is 13.5. The average Bonchev–Trinajstić information content (AvgIpc) is 3.16. The van der Waals surface area contributed by atoms with Crippen LogP contribution in [0.3, 0.4) is 0 Å². The van der Waals surface area contributed by atoms with Crippen molar-refractivity contribution in [2.75, 3.05) is 7.11 Å². The van der Waals surface area contributed by atoms with Crippen LogP contribution in [-0.2, 0) is 11.3 Å². The van der Waals surface area contributed by atoms with Gasteiger partial charge in [-0.2, -0.15) is 0 Å². The van der Waals surface area contributed by atoms with Gasteiger partial charge in [0.25, 0.3) is 0 Å². The highest BCUT2D eigenvalue weighted by molar-refractivity contribution is 8.00. The Balaban J connectivity index is 1.64. The van der Waals surface area contributed by atoms with Gasteiger partial charge in [0.05, 0.1) is 18.0 Å². The first-order valence-corrected chi connectivity index (χ1v) is 10.0. The summed E-state index contributed by atoms with van der Waals surface area (Å²) in [5.41, 5.74) is 4.56. The number of thioether (sulfide) groups is 1. The van der Waals surface area contributed by atoms with Crippen molar-refractivity contribution in [3.05, 3.63) is 71.5 Å². The molecule has 1 N–H and O–H groups in total. The molecular formula is C22H25N3O2S. The Kier molecular flexibility index (Phi) is 6.41. The monoisotopic (exact) mass is 395 g/mol. The van der Waals surface area contributed by atoms with E-state index in [0.29, 0.717) is 6.54 Å². The van der Waals surface area contributed by atoms with Crippen molar-refractivity contribution in [1.29, 1.82) is 0 Å². The third-order valence-corrected chi connectivity index (χ3v) is 5.80. The number of rotatable bonds is 7. The van der Waals surface area contributed by atoms with Crippen molar-refractivity contribution in [1.82, 2.24) is 14.9 Å². The highest BCUT2D eigenvalue weighted by Crippen LogP contribution is 2.27. The summed E-state index contributed by atoms with van der Waals surface area (Å²) >= 11 is 1.46. The van der Waals surface area contributed by atoms with E-state index in [9.17, 15) is 4.79 Å². The lowest BCUT2D eigenvalue weighted by Gasteiger charge is -2.15. The number of carbonyl (C=O) groups excluding carboxylic acids is 1. The van der Waals surface area contributed by atoms with Crippen LogP contribution in [-0.4, -0.2) is 27.8 Å². The van der Waals surface area contributed by atoms with E-state index < -0.39 is 0 Å². The van der Waals surface area contributed by atoms with Crippen molar-refractivity contribution in [2.24, 2.45) is 0 Å². The smallest absolute Gasteiger partial charge is 0.233 e. The number of aryl methyl sites for hydroxylation is 1. The second-order valence-corrected chi connectivity index (χ2v) is 7.93. The molecule has 0 aliphatic carbocycles. The summed E-state index contributed by atoms with van der Waals surface area (Å²) < 4.78 is 7.20. The van der Waals surface area contributed by atoms with Gasteiger partial charge in [-0.3, -0.25) is 9.36 Å². The van der Waals surface area contributed by atoms with Gasteiger partial charge in [-0.15, -0.1) is 0 Å². The fraction of sp³-hybridized carbons (Fsp3) is 0.273. The van der Waals surface area contributed by atoms with Crippen molar-refractivity contribution in [2.45, 2.75) is 37.7 Å². The number of hydrogen-bond donors (Lipinski definition) is 1. The number of methoxy groups -OCH3 is 1. The lowest BCUT2D eigenvalue weighted by Crippen LogP contribution is -2.30. The van der Waals surface area contributed by atoms with Crippen LogP contribution in [0.4, 0.5) is 0 Å². The third kappa shape index (κ3) is 4.57. The molecule has 0 bridgehead atoms. The molecule has 0 spiro atoms. The molecule has 1 atom stereocenters. The lowest BCUT2D eigenvalue weighted by molar-refractivity contribution is -0.120. The molecule has 1 heterocycles. The summed E-state index contributed by atoms with van der Waals surface area (Å²) in [5, 5.41) is 3.54. The predicted molar refractivity (Wildman–Crippen MR) is 113 cm³/mol. The van der Waals surface area contributed by atoms with E-state index in [1.807, 2.05) is 48.0 Å². The molecule has 0 radical (unpaired) electrons. The number of ether oxygens (including phenoxy) is 1. The molecule has 28 heavy (non-hydrogen) atoms. The molecule has 0 fully saturated rings. The molecule has 2 aromatic carbocycles. The summed E-state index contributed by atoms with van der Waals surface area (Å²) in [6, 6.07) is 13.9. The topological polar surface area (TPSA) is 56.1 Å². The molecule has 5 nitrogen and oxygen atoms in total. The van der Waals surface area contributed by atoms with Gasteiger partial charge in [-0.05, 0) is 55.7 Å². The number of nitrogens with one attached hydrogen (secondary N) is 1. The van der Waals surface area contributed by atoms with E-state index in [-0.39, 0.29) is 11.2 Å². The van der Waals surface area contributed by atoms with E-state index in [0.717, 1.165) is 22.2 Å². The second kappa shape index (κ2) is 8.97. The largest absolute Gasteiger partial charge is 0.497 e. The van der Waals surface area contributed by atoms with Crippen LogP contribution in [0.1, 0.15) is 23.6 Å². The Bertz CT molecular complexity index is 951. The second-order valence-electron chi connectivity index (χ2n) is 6.62. The maximum absolute atomic E-state index is 12.5. The van der Waals surface area contributed by atoms with Crippen LogP contribution in [0.5, 0.6) is 5.75 Å². The summed E-state index contributed by atoms with van der Waals surface area (Å²) in [5.74, 6) is 0.786. The highest BCUT2D eigenvalue weighted by Gasteiger charge is 2.18. The number of aromatic nitrogens is 2. The minimum absolute atomic E-state index is 0.0173. The predicted octanol–water partition coefficient (Wildman–Crippen LogP) is 4.29. The lowest BCUT2D eigenvalue weighted by atomic mass is 10.1. The Morgan fingerprint density at radius 2 is 1.96 bits per heavy atom. The molecule has 1 amide bonds. The van der Waals surface area contributed by atoms with Crippen molar-refractivity contribution < 1.29 is 9.53 Å². The van der Waals surface area contributed by atoms with Gasteiger partial charge in [0.1, 0.15) is 5.75 Å². The molecule has 0 saturated carbocycles. The maximum atomic E-state index is 12.5. The Labute approximate surface area is 170 Å². The van der Waals surface area contributed by atoms with Crippen LogP contribution >= 0.6 is 11.8 Å². The van der Waals surface area contributed by atoms with Crippen LogP contribution in [0, 0.1) is 13.8 Å². The van der Waals surface area contributed by atoms with Gasteiger partial charge >= 0.3 is 0 Å². The number of amides is 1. The van der Waals surface area contributed by atoms with E-state index in [1.54, 1.807) is 13.3 Å². The van der Waals surface area contributed by atoms with Gasteiger partial charge in [0.15, 0.2) is 5.16 Å². The van der Waals surface area contributed by atoms with Gasteiger partial charge in [-0.25, -0.2) is 4.98 Å². The van der Waals surface area contributed by atoms with Gasteiger partial charge in [0, 0.05) is 18.9 Å². The van der Waals surface area contributed by atoms with Crippen molar-refractivity contribution in [3.8, 4) is 11.4 Å². The third-order valence-electron chi connectivity index (χ3n) is 4.72. The summed E-state index contributed by atoms with van der Waals surface area (Å²) in [4.78, 5) is 17.0. The Morgan fingerprint density at radius 3 is 2.68 bits per heavy atom. The molecule has 0 aliphatic heterocycles. The molecule has 0 saturated heterocycles. The van der Waals surface area contributed by atoms with Crippen molar-refractivity contribution in [3.63, 3.8) is 0 Å². The van der Waals surface area contributed by atoms with Crippen LogP contribution in [0.25, 0.3) is 5.69 Å². The Morgan fingerprint density at radius 1 is 1.21 bits per heavy atom. The Hall–Kier alpha value is -2.73. The molecule has 3 rings (SSSR count). The standard InChI is InChI=1S/C22H25N3O2S/c1-15-6-5-7-20(16(15)2)25-13-12-23-22(25)28-17(3)21(26)24-14-18-8-10-19(27-4)11-9-18/h5-13,17H,14H2,1-4H3,(H,24,26). The van der Waals surface area contributed by atoms with E-state index in [1.165, 1.54) is 22.9 Å². The first-order valence-electron chi connectivity index (χ1n) is 9.17. The number of nitrogens with zero attached hydrogens (tertiary/aromatic N) is 2. The number of carbonyl (C=O) groups is 1. The van der Waals surface area contributed by atoms with Gasteiger partial charge in [0.2, 0.25) is 5.91 Å². The zero-order valence-electron chi connectivity index (χ0n) is 16.6. The van der Waals surface area contributed by atoms with E-state index >= 15 is 0 Å². The average molecular weight is 396 g/mol. The fourth-order valence-corrected chi connectivity index (χ4v) is 3.75. The van der Waals surface area contributed by atoms with Crippen LogP contribution in [0.15, 0.2) is 60.0 Å². The number of imidazole rings is 1. The van der Waals surface area contributed by atoms with Gasteiger partial charge in [-0.1, -0.05) is 36.0 Å². The van der Waals surface area contributed by atoms with Crippen molar-refractivity contribution >= 4 is 17.7 Å². The van der Waals surface area contributed by atoms with Crippen LogP contribution in [0.2, 0.25) is 0 Å². The quantitative estimate of drug-likeness (QED) is 0.606. The zero-order valence-corrected chi connectivity index (χ0v) is 17.4. The molecule has 1 aromatic heterocycles. The highest BCUT2D eigenvalue weighted by atomic mass is 32.2. The summed E-state index contributed by atoms with van der Waals surface area (Å²) in [7, 11) is 1.64. The van der Waals surface area contributed by atoms with E-state index in [2.05, 4.69) is 36.3 Å². The molecule has 1 unspecified atom stereocenters. The zero-order chi connectivity index (χ0) is 20.1. The van der Waals surface area contributed by atoms with E-state index in [4.69, 9.17) is 4.74 Å². The van der Waals surface area contributed by atoms with Gasteiger partial charge < -0.3 is 10.1 Å². The summed E-state index contributed by atoms with van der Waals surface area (Å²) in [6.07, 6.45) is 3.71.